The number of hydrogen-bond donors (Lipinski definition) is 4. The predicted molar refractivity (Wildman–Crippen MR) is 189 cm³/mol. The van der Waals surface area contributed by atoms with Crippen LogP contribution in [0.2, 0.25) is 0 Å². The van der Waals surface area contributed by atoms with Crippen molar-refractivity contribution in [3.8, 4) is 33.6 Å². The van der Waals surface area contributed by atoms with E-state index in [1.807, 2.05) is 22.2 Å². The van der Waals surface area contributed by atoms with E-state index < -0.39 is 12.2 Å². The molecular weight excluding hydrogens is 664 g/mol. The molecule has 8 rings (SSSR count). The summed E-state index contributed by atoms with van der Waals surface area (Å²) in [7, 11) is 2.56. The van der Waals surface area contributed by atoms with Gasteiger partial charge in [0.1, 0.15) is 24.7 Å². The normalized spacial score (nSPS) is 24.3. The molecule has 0 radical (unpaired) electrons. The van der Waals surface area contributed by atoms with E-state index in [2.05, 4.69) is 78.6 Å². The summed E-state index contributed by atoms with van der Waals surface area (Å²) >= 11 is 0. The van der Waals surface area contributed by atoms with E-state index in [1.54, 1.807) is 0 Å². The quantitative estimate of drug-likeness (QED) is 0.189. The van der Waals surface area contributed by atoms with Crippen LogP contribution in [-0.2, 0) is 19.1 Å². The van der Waals surface area contributed by atoms with Crippen LogP contribution in [0.4, 0.5) is 9.59 Å². The van der Waals surface area contributed by atoms with Gasteiger partial charge in [0, 0.05) is 12.1 Å². The molecule has 0 unspecified atom stereocenters. The fourth-order valence-electron chi connectivity index (χ4n) is 8.97. The molecule has 52 heavy (non-hydrogen) atoms. The number of carbonyl (C=O) groups excluding carboxylic acids is 4. The number of piperidine rings is 2. The van der Waals surface area contributed by atoms with Crippen LogP contribution in [0.15, 0.2) is 60.9 Å². The van der Waals surface area contributed by atoms with Crippen molar-refractivity contribution in [2.75, 3.05) is 27.3 Å². The zero-order valence-electron chi connectivity index (χ0n) is 29.1. The third-order valence-corrected chi connectivity index (χ3v) is 11.4. The maximum atomic E-state index is 13.1. The van der Waals surface area contributed by atoms with Gasteiger partial charge in [-0.2, -0.15) is 0 Å². The van der Waals surface area contributed by atoms with Gasteiger partial charge < -0.3 is 39.9 Å². The molecule has 4 aromatic rings. The summed E-state index contributed by atoms with van der Waals surface area (Å²) in [6.07, 6.45) is 8.31. The number of hydrogen-bond acceptors (Lipinski definition) is 8. The van der Waals surface area contributed by atoms with E-state index in [4.69, 9.17) is 9.97 Å². The Hall–Kier alpha value is -5.66. The van der Waals surface area contributed by atoms with Crippen LogP contribution >= 0.6 is 0 Å². The van der Waals surface area contributed by atoms with Gasteiger partial charge in [0.2, 0.25) is 11.8 Å². The molecule has 4 bridgehead atoms. The number of nitrogens with zero attached hydrogens (tertiary/aromatic N) is 4. The Bertz CT molecular complexity index is 1830. The molecule has 2 aliphatic heterocycles. The van der Waals surface area contributed by atoms with Gasteiger partial charge >= 0.3 is 12.2 Å². The summed E-state index contributed by atoms with van der Waals surface area (Å²) in [5, 5.41) is 5.04. The summed E-state index contributed by atoms with van der Waals surface area (Å²) in [4.78, 5) is 69.6. The summed E-state index contributed by atoms with van der Waals surface area (Å²) < 4.78 is 9.26. The third-order valence-electron chi connectivity index (χ3n) is 11.4. The first kappa shape index (κ1) is 33.5. The van der Waals surface area contributed by atoms with E-state index in [1.165, 1.54) is 14.2 Å². The number of benzene rings is 2. The molecule has 4 heterocycles. The first-order chi connectivity index (χ1) is 25.3. The van der Waals surface area contributed by atoms with Crippen molar-refractivity contribution in [3.05, 3.63) is 72.6 Å². The van der Waals surface area contributed by atoms with Gasteiger partial charge in [-0.25, -0.2) is 19.6 Å². The number of ether oxygens (including phenoxy) is 2. The summed E-state index contributed by atoms with van der Waals surface area (Å²) in [6.45, 7) is -0.209. The first-order valence-electron chi connectivity index (χ1n) is 17.9. The molecule has 4 fully saturated rings. The van der Waals surface area contributed by atoms with E-state index in [0.717, 1.165) is 83.8 Å². The van der Waals surface area contributed by atoms with Crippen LogP contribution in [0.25, 0.3) is 33.6 Å². The lowest BCUT2D eigenvalue weighted by Crippen LogP contribution is -2.45. The number of alkyl carbamates (subject to hydrolysis) is 2. The molecular formula is C38H42N8O6. The molecule has 2 saturated carbocycles. The highest BCUT2D eigenvalue weighted by Gasteiger charge is 2.51. The van der Waals surface area contributed by atoms with Crippen LogP contribution in [0.1, 0.15) is 62.3 Å². The van der Waals surface area contributed by atoms with Gasteiger partial charge in [0.25, 0.3) is 0 Å². The topological polar surface area (TPSA) is 175 Å². The van der Waals surface area contributed by atoms with E-state index in [9.17, 15) is 19.2 Å². The Morgan fingerprint density at radius 1 is 0.635 bits per heavy atom. The van der Waals surface area contributed by atoms with Crippen molar-refractivity contribution in [1.82, 2.24) is 40.4 Å². The number of likely N-dealkylation sites (tertiary alicyclic amines) is 2. The number of H-pyrrole nitrogens is 2. The Labute approximate surface area is 300 Å². The van der Waals surface area contributed by atoms with Crippen molar-refractivity contribution in [2.45, 2.75) is 62.7 Å². The average Bonchev–Trinajstić information content (AvgIpc) is 4.04. The van der Waals surface area contributed by atoms with Crippen LogP contribution in [0.3, 0.4) is 0 Å². The van der Waals surface area contributed by atoms with Gasteiger partial charge in [0.05, 0.1) is 50.1 Å². The van der Waals surface area contributed by atoms with Crippen molar-refractivity contribution in [2.24, 2.45) is 11.8 Å². The molecule has 2 aliphatic carbocycles. The summed E-state index contributed by atoms with van der Waals surface area (Å²) in [5.74, 6) is 1.95. The van der Waals surface area contributed by atoms with Crippen LogP contribution in [0, 0.1) is 11.8 Å². The number of imidazole rings is 2. The highest BCUT2D eigenvalue weighted by Crippen LogP contribution is 2.51. The Morgan fingerprint density at radius 2 is 1.02 bits per heavy atom. The number of rotatable bonds is 9. The molecule has 2 saturated heterocycles. The van der Waals surface area contributed by atoms with Crippen molar-refractivity contribution in [3.63, 3.8) is 0 Å². The number of aromatic amines is 2. The van der Waals surface area contributed by atoms with Crippen molar-refractivity contribution < 1.29 is 28.7 Å². The Kier molecular flexibility index (Phi) is 8.89. The summed E-state index contributed by atoms with van der Waals surface area (Å²) in [5.41, 5.74) is 5.88. The van der Waals surface area contributed by atoms with Gasteiger partial charge in [-0.05, 0) is 72.6 Å². The minimum Gasteiger partial charge on any atom is -0.453 e. The zero-order valence-corrected chi connectivity index (χ0v) is 29.1. The van der Waals surface area contributed by atoms with E-state index in [0.29, 0.717) is 11.8 Å². The fraction of sp³-hybridized carbons (Fsp3) is 0.421. The minimum absolute atomic E-state index is 0.105. The minimum atomic E-state index is -0.622. The third kappa shape index (κ3) is 6.15. The standard InChI is InChI=1S/C38H42N8O6/c1-51-37(49)41-19-31(47)45-27-13-11-25(15-27)33(45)35-39-17-29(43-35)23-7-3-21(4-8-23)22-5-9-24(10-6-22)30-18-40-36(44-30)34-26-12-14-28(16-26)46(34)32(48)20-42-38(50)52-2/h3-10,17-18,25-28,33-34H,11-16,19-20H2,1-2H3,(H,39,43)(H,40,44)(H,41,49)(H,42,50)/t25-,26-,27-,28-,33+,34+/m1/s1. The van der Waals surface area contributed by atoms with E-state index >= 15 is 0 Å². The molecule has 14 nitrogen and oxygen atoms in total. The van der Waals surface area contributed by atoms with E-state index in [-0.39, 0.29) is 49.1 Å². The lowest BCUT2D eigenvalue weighted by molar-refractivity contribution is -0.135. The SMILES string of the molecule is COC(=O)NCC(=O)N1[C@@H]2CC[C@H](C2)[C@H]1c1ncc(-c2ccc(-c3ccc(-c4cnc([C@@H]5[C@@H]6CC[C@H](C6)N5C(=O)CNC(=O)OC)[nH]4)cc3)cc2)[nH]1. The molecule has 4 amide bonds. The van der Waals surface area contributed by atoms with Crippen LogP contribution in [-0.4, -0.2) is 93.1 Å². The largest absolute Gasteiger partial charge is 0.453 e. The van der Waals surface area contributed by atoms with Crippen molar-refractivity contribution in [1.29, 1.82) is 0 Å². The molecule has 14 heteroatoms. The van der Waals surface area contributed by atoms with Crippen molar-refractivity contribution >= 4 is 24.0 Å². The van der Waals surface area contributed by atoms with Gasteiger partial charge in [-0.15, -0.1) is 0 Å². The lowest BCUT2D eigenvalue weighted by Gasteiger charge is -2.34. The molecule has 4 N–H and O–H groups in total. The zero-order chi connectivity index (χ0) is 35.9. The first-order valence-corrected chi connectivity index (χ1v) is 17.9. The number of methoxy groups -OCH3 is 2. The fourth-order valence-corrected chi connectivity index (χ4v) is 8.97. The smallest absolute Gasteiger partial charge is 0.407 e. The van der Waals surface area contributed by atoms with Crippen LogP contribution in [0.5, 0.6) is 0 Å². The second-order valence-electron chi connectivity index (χ2n) is 14.2. The number of fused-ring (bicyclic) bond motifs is 4. The van der Waals surface area contributed by atoms with Crippen LogP contribution < -0.4 is 10.6 Å². The highest BCUT2D eigenvalue weighted by molar-refractivity contribution is 5.84. The predicted octanol–water partition coefficient (Wildman–Crippen LogP) is 4.95. The molecule has 2 aromatic heterocycles. The Morgan fingerprint density at radius 3 is 1.40 bits per heavy atom. The average molecular weight is 707 g/mol. The lowest BCUT2D eigenvalue weighted by atomic mass is 9.98. The number of amides is 4. The number of nitrogens with one attached hydrogen (secondary N) is 4. The maximum absolute atomic E-state index is 13.1. The molecule has 4 aliphatic rings. The Balaban J connectivity index is 0.931. The molecule has 2 aromatic carbocycles. The maximum Gasteiger partial charge on any atom is 0.407 e. The number of carbonyl (C=O) groups is 4. The van der Waals surface area contributed by atoms with Gasteiger partial charge in [0.15, 0.2) is 0 Å². The second kappa shape index (κ2) is 13.8. The van der Waals surface area contributed by atoms with Gasteiger partial charge in [-0.1, -0.05) is 48.5 Å². The molecule has 6 atom stereocenters. The molecule has 0 spiro atoms. The summed E-state index contributed by atoms with van der Waals surface area (Å²) in [6, 6.07) is 16.6. The van der Waals surface area contributed by atoms with Gasteiger partial charge in [-0.3, -0.25) is 9.59 Å². The highest BCUT2D eigenvalue weighted by atomic mass is 16.5. The number of aromatic nitrogens is 4. The molecule has 270 valence electrons. The second-order valence-corrected chi connectivity index (χ2v) is 14.2. The monoisotopic (exact) mass is 706 g/mol.